The van der Waals surface area contributed by atoms with Crippen LogP contribution in [0.1, 0.15) is 52.9 Å². The van der Waals surface area contributed by atoms with E-state index in [0.717, 1.165) is 6.42 Å². The van der Waals surface area contributed by atoms with Gasteiger partial charge in [0.1, 0.15) is 0 Å². The van der Waals surface area contributed by atoms with Crippen molar-refractivity contribution in [2.24, 2.45) is 23.2 Å². The molecule has 2 aliphatic carbocycles. The third-order valence-electron chi connectivity index (χ3n) is 4.30. The molecule has 0 aromatic carbocycles. The number of hydrogen-bond acceptors (Lipinski definition) is 2. The van der Waals surface area contributed by atoms with Crippen LogP contribution in [0, 0.1) is 23.2 Å². The average Bonchev–Trinajstić information content (AvgIpc) is 2.96. The number of hydrogen-bond donors (Lipinski definition) is 0. The molecule has 0 aromatic heterocycles. The van der Waals surface area contributed by atoms with Gasteiger partial charge in [0.15, 0.2) is 0 Å². The first-order valence-corrected chi connectivity index (χ1v) is 6.67. The summed E-state index contributed by atoms with van der Waals surface area (Å²) in [6, 6.07) is 0. The van der Waals surface area contributed by atoms with Crippen LogP contribution >= 0.6 is 0 Å². The van der Waals surface area contributed by atoms with E-state index >= 15 is 0 Å². The van der Waals surface area contributed by atoms with Gasteiger partial charge in [-0.1, -0.05) is 27.2 Å². The van der Waals surface area contributed by atoms with Crippen molar-refractivity contribution >= 4 is 5.97 Å². The molecule has 2 rings (SSSR count). The van der Waals surface area contributed by atoms with Crippen molar-refractivity contribution in [3.63, 3.8) is 0 Å². The van der Waals surface area contributed by atoms with Crippen LogP contribution < -0.4 is 0 Å². The molecule has 0 bridgehead atoms. The minimum atomic E-state index is 0.0594. The van der Waals surface area contributed by atoms with Crippen molar-refractivity contribution in [1.82, 2.24) is 0 Å². The summed E-state index contributed by atoms with van der Waals surface area (Å²) < 4.78 is 5.47. The van der Waals surface area contributed by atoms with Crippen LogP contribution in [0.4, 0.5) is 0 Å². The fraction of sp³-hybridized carbons (Fsp3) is 0.929. The summed E-state index contributed by atoms with van der Waals surface area (Å²) >= 11 is 0. The molecular formula is C14H24O2. The Kier molecular flexibility index (Phi) is 3.27. The SMILES string of the molecule is C[C@H]1CCCC(C)(C)[C@@H]1C(=O)OCC1CC1. The van der Waals surface area contributed by atoms with Gasteiger partial charge >= 0.3 is 5.97 Å². The molecule has 0 heterocycles. The van der Waals surface area contributed by atoms with E-state index in [-0.39, 0.29) is 17.3 Å². The Balaban J connectivity index is 1.94. The van der Waals surface area contributed by atoms with E-state index in [9.17, 15) is 4.79 Å². The fourth-order valence-corrected chi connectivity index (χ4v) is 3.10. The second kappa shape index (κ2) is 4.38. The highest BCUT2D eigenvalue weighted by molar-refractivity contribution is 5.73. The van der Waals surface area contributed by atoms with E-state index in [2.05, 4.69) is 20.8 Å². The number of ether oxygens (including phenoxy) is 1. The topological polar surface area (TPSA) is 26.3 Å². The summed E-state index contributed by atoms with van der Waals surface area (Å²) in [5.41, 5.74) is 0.123. The molecule has 92 valence electrons. The Bertz CT molecular complexity index is 266. The maximum absolute atomic E-state index is 12.1. The van der Waals surface area contributed by atoms with E-state index in [0.29, 0.717) is 18.4 Å². The van der Waals surface area contributed by atoms with Crippen LogP contribution in [-0.2, 0) is 9.53 Å². The number of carbonyl (C=O) groups excluding carboxylic acids is 1. The van der Waals surface area contributed by atoms with Crippen molar-refractivity contribution in [2.75, 3.05) is 6.61 Å². The molecular weight excluding hydrogens is 200 g/mol. The summed E-state index contributed by atoms with van der Waals surface area (Å²) in [7, 11) is 0. The zero-order chi connectivity index (χ0) is 11.8. The van der Waals surface area contributed by atoms with Crippen molar-refractivity contribution in [3.8, 4) is 0 Å². The molecule has 2 fully saturated rings. The lowest BCUT2D eigenvalue weighted by Gasteiger charge is -2.41. The molecule has 0 amide bonds. The van der Waals surface area contributed by atoms with Gasteiger partial charge in [-0.05, 0) is 42.9 Å². The van der Waals surface area contributed by atoms with Gasteiger partial charge in [-0.3, -0.25) is 4.79 Å². The Morgan fingerprint density at radius 1 is 1.31 bits per heavy atom. The van der Waals surface area contributed by atoms with E-state index < -0.39 is 0 Å². The summed E-state index contributed by atoms with van der Waals surface area (Å²) in [5.74, 6) is 1.32. The van der Waals surface area contributed by atoms with Crippen molar-refractivity contribution in [2.45, 2.75) is 52.9 Å². The van der Waals surface area contributed by atoms with Crippen LogP contribution in [0.15, 0.2) is 0 Å². The van der Waals surface area contributed by atoms with Crippen LogP contribution in [0.5, 0.6) is 0 Å². The van der Waals surface area contributed by atoms with Crippen molar-refractivity contribution in [3.05, 3.63) is 0 Å². The molecule has 2 saturated carbocycles. The number of carbonyl (C=O) groups is 1. The summed E-state index contributed by atoms with van der Waals surface area (Å²) in [6.07, 6.45) is 6.07. The van der Waals surface area contributed by atoms with Crippen LogP contribution in [-0.4, -0.2) is 12.6 Å². The highest BCUT2D eigenvalue weighted by Crippen LogP contribution is 2.44. The fourth-order valence-electron chi connectivity index (χ4n) is 3.10. The maximum Gasteiger partial charge on any atom is 0.309 e. The predicted octanol–water partition coefficient (Wildman–Crippen LogP) is 3.40. The van der Waals surface area contributed by atoms with Crippen LogP contribution in [0.3, 0.4) is 0 Å². The lowest BCUT2D eigenvalue weighted by Crippen LogP contribution is -2.40. The molecule has 16 heavy (non-hydrogen) atoms. The molecule has 0 aliphatic heterocycles. The molecule has 2 nitrogen and oxygen atoms in total. The maximum atomic E-state index is 12.1. The molecule has 2 heteroatoms. The lowest BCUT2D eigenvalue weighted by molar-refractivity contribution is -0.158. The van der Waals surface area contributed by atoms with E-state index in [4.69, 9.17) is 4.74 Å². The zero-order valence-electron chi connectivity index (χ0n) is 10.8. The van der Waals surface area contributed by atoms with Gasteiger partial charge in [0.2, 0.25) is 0 Å². The Labute approximate surface area is 98.7 Å². The van der Waals surface area contributed by atoms with Gasteiger partial charge in [-0.15, -0.1) is 0 Å². The Hall–Kier alpha value is -0.530. The number of rotatable bonds is 3. The molecule has 0 saturated heterocycles. The molecule has 0 unspecified atom stereocenters. The molecule has 0 radical (unpaired) electrons. The Morgan fingerprint density at radius 2 is 2.00 bits per heavy atom. The van der Waals surface area contributed by atoms with Gasteiger partial charge in [0.05, 0.1) is 12.5 Å². The largest absolute Gasteiger partial charge is 0.465 e. The smallest absolute Gasteiger partial charge is 0.309 e. The average molecular weight is 224 g/mol. The minimum Gasteiger partial charge on any atom is -0.465 e. The third kappa shape index (κ3) is 2.58. The monoisotopic (exact) mass is 224 g/mol. The van der Waals surface area contributed by atoms with Crippen LogP contribution in [0.2, 0.25) is 0 Å². The first-order chi connectivity index (χ1) is 7.50. The predicted molar refractivity (Wildman–Crippen MR) is 64.0 cm³/mol. The lowest BCUT2D eigenvalue weighted by atomic mass is 9.64. The van der Waals surface area contributed by atoms with Gasteiger partial charge in [-0.2, -0.15) is 0 Å². The summed E-state index contributed by atoms with van der Waals surface area (Å²) in [6.45, 7) is 7.29. The summed E-state index contributed by atoms with van der Waals surface area (Å²) in [4.78, 5) is 12.1. The van der Waals surface area contributed by atoms with Crippen molar-refractivity contribution in [1.29, 1.82) is 0 Å². The standard InChI is InChI=1S/C14H24O2/c1-10-5-4-8-14(2,3)12(10)13(15)16-9-11-6-7-11/h10-12H,4-9H2,1-3H3/t10-,12-/m0/s1. The highest BCUT2D eigenvalue weighted by Gasteiger charge is 2.42. The highest BCUT2D eigenvalue weighted by atomic mass is 16.5. The van der Waals surface area contributed by atoms with Gasteiger partial charge < -0.3 is 4.74 Å². The van der Waals surface area contributed by atoms with Gasteiger partial charge in [0, 0.05) is 0 Å². The zero-order valence-corrected chi connectivity index (χ0v) is 10.8. The van der Waals surface area contributed by atoms with Gasteiger partial charge in [-0.25, -0.2) is 0 Å². The second-order valence-electron chi connectivity index (χ2n) is 6.41. The molecule has 0 aromatic rings. The molecule has 2 atom stereocenters. The van der Waals surface area contributed by atoms with E-state index in [1.165, 1.54) is 25.7 Å². The first-order valence-electron chi connectivity index (χ1n) is 6.67. The van der Waals surface area contributed by atoms with Gasteiger partial charge in [0.25, 0.3) is 0 Å². The second-order valence-corrected chi connectivity index (χ2v) is 6.41. The molecule has 0 N–H and O–H groups in total. The number of esters is 1. The molecule has 2 aliphatic rings. The molecule has 0 spiro atoms. The third-order valence-corrected chi connectivity index (χ3v) is 4.30. The Morgan fingerprint density at radius 3 is 2.56 bits per heavy atom. The quantitative estimate of drug-likeness (QED) is 0.687. The normalized spacial score (nSPS) is 33.4. The van der Waals surface area contributed by atoms with E-state index in [1.807, 2.05) is 0 Å². The summed E-state index contributed by atoms with van der Waals surface area (Å²) in [5, 5.41) is 0. The van der Waals surface area contributed by atoms with E-state index in [1.54, 1.807) is 0 Å². The van der Waals surface area contributed by atoms with Crippen molar-refractivity contribution < 1.29 is 9.53 Å². The first kappa shape index (κ1) is 11.9. The minimum absolute atomic E-state index is 0.0594. The van der Waals surface area contributed by atoms with Crippen LogP contribution in [0.25, 0.3) is 0 Å².